The third-order valence-electron chi connectivity index (χ3n) is 3.37. The third kappa shape index (κ3) is 3.41. The van der Waals surface area contributed by atoms with E-state index in [1.807, 2.05) is 0 Å². The second-order valence-electron chi connectivity index (χ2n) is 4.68. The summed E-state index contributed by atoms with van der Waals surface area (Å²) in [5.74, 6) is -0.371. The van der Waals surface area contributed by atoms with Gasteiger partial charge in [0, 0.05) is 18.6 Å². The van der Waals surface area contributed by atoms with Crippen LogP contribution in [-0.2, 0) is 6.54 Å². The highest BCUT2D eigenvalue weighted by Gasteiger charge is 2.20. The van der Waals surface area contributed by atoms with Gasteiger partial charge in [-0.1, -0.05) is 30.5 Å². The van der Waals surface area contributed by atoms with E-state index in [9.17, 15) is 4.39 Å². The van der Waals surface area contributed by atoms with E-state index in [4.69, 9.17) is 17.3 Å². The van der Waals surface area contributed by atoms with Crippen molar-refractivity contribution in [2.24, 2.45) is 5.73 Å². The lowest BCUT2D eigenvalue weighted by Gasteiger charge is -2.29. The van der Waals surface area contributed by atoms with Crippen LogP contribution in [0.25, 0.3) is 0 Å². The Kier molecular flexibility index (Phi) is 4.37. The first-order valence-corrected chi connectivity index (χ1v) is 6.47. The minimum Gasteiger partial charge on any atom is -0.326 e. The fraction of sp³-hybridized carbons (Fsp3) is 0.538. The van der Waals surface area contributed by atoms with Crippen LogP contribution in [0.1, 0.15) is 31.2 Å². The maximum absolute atomic E-state index is 13.0. The fourth-order valence-corrected chi connectivity index (χ4v) is 2.51. The van der Waals surface area contributed by atoms with Crippen molar-refractivity contribution in [3.05, 3.63) is 34.6 Å². The van der Waals surface area contributed by atoms with E-state index in [0.29, 0.717) is 12.6 Å². The van der Waals surface area contributed by atoms with Crippen molar-refractivity contribution < 1.29 is 4.39 Å². The summed E-state index contributed by atoms with van der Waals surface area (Å²) in [4.78, 5) is 0. The molecule has 2 nitrogen and oxygen atoms in total. The van der Waals surface area contributed by atoms with Crippen LogP contribution < -0.4 is 11.1 Å². The summed E-state index contributed by atoms with van der Waals surface area (Å²) in [5.41, 5.74) is 7.04. The molecule has 2 atom stereocenters. The molecule has 0 heterocycles. The second-order valence-corrected chi connectivity index (χ2v) is 5.09. The smallest absolute Gasteiger partial charge is 0.141 e. The molecule has 0 amide bonds. The van der Waals surface area contributed by atoms with Crippen LogP contribution in [0.4, 0.5) is 4.39 Å². The van der Waals surface area contributed by atoms with Crippen molar-refractivity contribution in [3.63, 3.8) is 0 Å². The Balaban J connectivity index is 1.90. The predicted octanol–water partition coefficient (Wildman–Crippen LogP) is 2.84. The minimum atomic E-state index is -0.371. The zero-order valence-corrected chi connectivity index (χ0v) is 10.5. The fourth-order valence-electron chi connectivity index (χ4n) is 2.31. The van der Waals surface area contributed by atoms with E-state index >= 15 is 0 Å². The van der Waals surface area contributed by atoms with Crippen molar-refractivity contribution in [1.29, 1.82) is 0 Å². The summed E-state index contributed by atoms with van der Waals surface area (Å²) in [6, 6.07) is 5.42. The molecule has 0 saturated heterocycles. The molecule has 0 aliphatic heterocycles. The number of rotatable bonds is 3. The first kappa shape index (κ1) is 12.8. The number of halogens is 2. The van der Waals surface area contributed by atoms with E-state index in [1.54, 1.807) is 12.1 Å². The topological polar surface area (TPSA) is 38.0 Å². The summed E-state index contributed by atoms with van der Waals surface area (Å²) >= 11 is 5.74. The molecule has 1 saturated carbocycles. The lowest BCUT2D eigenvalue weighted by Crippen LogP contribution is -2.46. The summed E-state index contributed by atoms with van der Waals surface area (Å²) in [6.45, 7) is 0.693. The minimum absolute atomic E-state index is 0.178. The normalized spacial score (nSPS) is 24.9. The van der Waals surface area contributed by atoms with Crippen LogP contribution in [-0.4, -0.2) is 12.1 Å². The Bertz CT molecular complexity index is 384. The molecule has 17 heavy (non-hydrogen) atoms. The van der Waals surface area contributed by atoms with Gasteiger partial charge in [0.15, 0.2) is 0 Å². The van der Waals surface area contributed by atoms with E-state index in [-0.39, 0.29) is 16.9 Å². The van der Waals surface area contributed by atoms with Gasteiger partial charge < -0.3 is 11.1 Å². The Morgan fingerprint density at radius 1 is 1.35 bits per heavy atom. The van der Waals surface area contributed by atoms with Gasteiger partial charge in [-0.3, -0.25) is 0 Å². The van der Waals surface area contributed by atoms with Gasteiger partial charge >= 0.3 is 0 Å². The Morgan fingerprint density at radius 3 is 2.82 bits per heavy atom. The molecule has 0 aromatic heterocycles. The second kappa shape index (κ2) is 5.80. The number of benzene rings is 1. The van der Waals surface area contributed by atoms with E-state index in [0.717, 1.165) is 18.4 Å². The molecule has 94 valence electrons. The van der Waals surface area contributed by atoms with Crippen molar-refractivity contribution in [2.45, 2.75) is 44.3 Å². The number of nitrogens with two attached hydrogens (primary N) is 1. The van der Waals surface area contributed by atoms with Gasteiger partial charge in [0.1, 0.15) is 5.82 Å². The highest BCUT2D eigenvalue weighted by atomic mass is 35.5. The maximum Gasteiger partial charge on any atom is 0.141 e. The number of nitrogens with one attached hydrogen (secondary N) is 1. The molecule has 0 bridgehead atoms. The molecule has 1 fully saturated rings. The molecule has 2 unspecified atom stereocenters. The molecule has 0 radical (unpaired) electrons. The highest BCUT2D eigenvalue weighted by Crippen LogP contribution is 2.19. The van der Waals surface area contributed by atoms with E-state index < -0.39 is 0 Å². The SMILES string of the molecule is NC1CCCCC1NCc1ccc(F)c(Cl)c1. The Morgan fingerprint density at radius 2 is 2.12 bits per heavy atom. The van der Waals surface area contributed by atoms with Crippen molar-refractivity contribution >= 4 is 11.6 Å². The molecular formula is C13H18ClFN2. The lowest BCUT2D eigenvalue weighted by molar-refractivity contribution is 0.326. The molecule has 1 aromatic rings. The zero-order valence-electron chi connectivity index (χ0n) is 9.76. The van der Waals surface area contributed by atoms with E-state index in [1.165, 1.54) is 18.9 Å². The van der Waals surface area contributed by atoms with Crippen LogP contribution in [0.3, 0.4) is 0 Å². The van der Waals surface area contributed by atoms with Gasteiger partial charge in [-0.2, -0.15) is 0 Å². The zero-order chi connectivity index (χ0) is 12.3. The first-order valence-electron chi connectivity index (χ1n) is 6.09. The van der Waals surface area contributed by atoms with Gasteiger partial charge in [0.05, 0.1) is 5.02 Å². The molecule has 1 aliphatic carbocycles. The predicted molar refractivity (Wildman–Crippen MR) is 68.5 cm³/mol. The average molecular weight is 257 g/mol. The van der Waals surface area contributed by atoms with Crippen LogP contribution in [0, 0.1) is 5.82 Å². The van der Waals surface area contributed by atoms with Gasteiger partial charge in [-0.05, 0) is 30.5 Å². The lowest BCUT2D eigenvalue weighted by atomic mass is 9.91. The maximum atomic E-state index is 13.0. The molecular weight excluding hydrogens is 239 g/mol. The summed E-state index contributed by atoms with van der Waals surface area (Å²) in [6.07, 6.45) is 4.66. The monoisotopic (exact) mass is 256 g/mol. The van der Waals surface area contributed by atoms with Crippen LogP contribution >= 0.6 is 11.6 Å². The Labute approximate surface area is 106 Å². The summed E-state index contributed by atoms with van der Waals surface area (Å²) < 4.78 is 13.0. The van der Waals surface area contributed by atoms with Gasteiger partial charge in [0.2, 0.25) is 0 Å². The van der Waals surface area contributed by atoms with Crippen LogP contribution in [0.2, 0.25) is 5.02 Å². The molecule has 1 aromatic carbocycles. The quantitative estimate of drug-likeness (QED) is 0.873. The first-order chi connectivity index (χ1) is 8.16. The van der Waals surface area contributed by atoms with E-state index in [2.05, 4.69) is 5.32 Å². The van der Waals surface area contributed by atoms with Crippen molar-refractivity contribution in [3.8, 4) is 0 Å². The number of hydrogen-bond donors (Lipinski definition) is 2. The molecule has 1 aliphatic rings. The van der Waals surface area contributed by atoms with Crippen molar-refractivity contribution in [2.75, 3.05) is 0 Å². The average Bonchev–Trinajstić information content (AvgIpc) is 2.32. The largest absolute Gasteiger partial charge is 0.326 e. The molecule has 3 N–H and O–H groups in total. The van der Waals surface area contributed by atoms with Gasteiger partial charge in [0.25, 0.3) is 0 Å². The summed E-state index contributed by atoms with van der Waals surface area (Å²) in [5, 5.41) is 3.61. The van der Waals surface area contributed by atoms with Gasteiger partial charge in [-0.15, -0.1) is 0 Å². The van der Waals surface area contributed by atoms with Gasteiger partial charge in [-0.25, -0.2) is 4.39 Å². The standard InChI is InChI=1S/C13H18ClFN2/c14-10-7-9(5-6-11(10)15)8-17-13-4-2-1-3-12(13)16/h5-7,12-13,17H,1-4,8,16H2. The molecule has 0 spiro atoms. The highest BCUT2D eigenvalue weighted by molar-refractivity contribution is 6.30. The molecule has 2 rings (SSSR count). The third-order valence-corrected chi connectivity index (χ3v) is 3.66. The van der Waals surface area contributed by atoms with Crippen molar-refractivity contribution in [1.82, 2.24) is 5.32 Å². The Hall–Kier alpha value is -0.640. The van der Waals surface area contributed by atoms with Crippen LogP contribution in [0.15, 0.2) is 18.2 Å². The van der Waals surface area contributed by atoms with Crippen LogP contribution in [0.5, 0.6) is 0 Å². The summed E-state index contributed by atoms with van der Waals surface area (Å²) in [7, 11) is 0. The molecule has 4 heteroatoms. The number of hydrogen-bond acceptors (Lipinski definition) is 2.